The number of rotatable bonds is 2. The van der Waals surface area contributed by atoms with Crippen molar-refractivity contribution in [2.75, 3.05) is 13.1 Å². The Morgan fingerprint density at radius 1 is 1.44 bits per heavy atom. The Morgan fingerprint density at radius 3 is 2.72 bits per heavy atom. The molecule has 1 amide bonds. The molecule has 0 saturated carbocycles. The highest BCUT2D eigenvalue weighted by Gasteiger charge is 2.42. The maximum atomic E-state index is 12.1. The van der Waals surface area contributed by atoms with Crippen LogP contribution in [-0.2, 0) is 4.79 Å². The molecule has 0 radical (unpaired) electrons. The van der Waals surface area contributed by atoms with Gasteiger partial charge in [-0.15, -0.1) is 0 Å². The van der Waals surface area contributed by atoms with Gasteiger partial charge in [-0.1, -0.05) is 0 Å². The number of carboxylic acids is 1. The number of aliphatic carboxylic acids is 1. The van der Waals surface area contributed by atoms with Gasteiger partial charge in [0.25, 0.3) is 5.91 Å². The Morgan fingerprint density at radius 2 is 2.17 bits per heavy atom. The molecular weight excluding hydrogens is 236 g/mol. The third-order valence-electron chi connectivity index (χ3n) is 3.25. The molecule has 1 aromatic heterocycles. The third kappa shape index (κ3) is 2.13. The molecule has 0 spiro atoms. The normalized spacial score (nSPS) is 23.1. The van der Waals surface area contributed by atoms with Crippen LogP contribution in [0, 0.1) is 5.41 Å². The minimum atomic E-state index is -0.896. The van der Waals surface area contributed by atoms with Gasteiger partial charge in [-0.05, 0) is 19.4 Å². The van der Waals surface area contributed by atoms with Crippen LogP contribution in [0.5, 0.6) is 5.75 Å². The van der Waals surface area contributed by atoms with Gasteiger partial charge >= 0.3 is 5.97 Å². The molecule has 1 aromatic rings. The average molecular weight is 250 g/mol. The predicted molar refractivity (Wildman–Crippen MR) is 62.2 cm³/mol. The fourth-order valence-electron chi connectivity index (χ4n) is 2.04. The second-order valence-electron chi connectivity index (χ2n) is 4.77. The number of hydrogen-bond donors (Lipinski definition) is 2. The largest absolute Gasteiger partial charge is 0.506 e. The van der Waals surface area contributed by atoms with Crippen molar-refractivity contribution in [3.8, 4) is 5.75 Å². The van der Waals surface area contributed by atoms with Crippen LogP contribution in [0.3, 0.4) is 0 Å². The van der Waals surface area contributed by atoms with Gasteiger partial charge in [0.1, 0.15) is 5.75 Å². The Hall–Kier alpha value is -2.11. The zero-order valence-electron chi connectivity index (χ0n) is 9.96. The number of aromatic hydroxyl groups is 1. The number of carboxylic acid groups (broad SMARTS) is 1. The second-order valence-corrected chi connectivity index (χ2v) is 4.77. The first kappa shape index (κ1) is 12.3. The zero-order chi connectivity index (χ0) is 13.3. The summed E-state index contributed by atoms with van der Waals surface area (Å²) in [5.74, 6) is -1.28. The maximum Gasteiger partial charge on any atom is 0.311 e. The molecular formula is C12H14N2O4. The number of pyridine rings is 1. The minimum Gasteiger partial charge on any atom is -0.506 e. The molecule has 1 saturated heterocycles. The van der Waals surface area contributed by atoms with Crippen LogP contribution in [0.25, 0.3) is 0 Å². The quantitative estimate of drug-likeness (QED) is 0.807. The standard InChI is InChI=1S/C12H14N2O4/c1-12(11(17)18)2-3-14(7-12)10(16)8-4-9(15)6-13-5-8/h4-6,15H,2-3,7H2,1H3,(H,17,18). The molecule has 0 aromatic carbocycles. The first-order valence-corrected chi connectivity index (χ1v) is 5.59. The SMILES string of the molecule is CC1(C(=O)O)CCN(C(=O)c2cncc(O)c2)C1. The van der Waals surface area contributed by atoms with E-state index in [1.807, 2.05) is 0 Å². The van der Waals surface area contributed by atoms with Crippen LogP contribution in [0.2, 0.25) is 0 Å². The molecule has 18 heavy (non-hydrogen) atoms. The number of aromatic nitrogens is 1. The molecule has 96 valence electrons. The molecule has 0 aliphatic carbocycles. The van der Waals surface area contributed by atoms with E-state index in [1.165, 1.54) is 23.4 Å². The summed E-state index contributed by atoms with van der Waals surface area (Å²) >= 11 is 0. The predicted octanol–water partition coefficient (Wildman–Crippen LogP) is 0.724. The first-order chi connectivity index (χ1) is 8.42. The van der Waals surface area contributed by atoms with Crippen molar-refractivity contribution < 1.29 is 19.8 Å². The van der Waals surface area contributed by atoms with Crippen molar-refractivity contribution in [3.63, 3.8) is 0 Å². The van der Waals surface area contributed by atoms with Crippen LogP contribution in [-0.4, -0.2) is 45.1 Å². The Kier molecular flexibility index (Phi) is 2.94. The third-order valence-corrected chi connectivity index (χ3v) is 3.25. The molecule has 1 fully saturated rings. The topological polar surface area (TPSA) is 90.7 Å². The van der Waals surface area contributed by atoms with E-state index in [0.717, 1.165) is 0 Å². The number of likely N-dealkylation sites (tertiary alicyclic amines) is 1. The Labute approximate surface area is 104 Å². The van der Waals surface area contributed by atoms with Crippen LogP contribution < -0.4 is 0 Å². The van der Waals surface area contributed by atoms with Crippen LogP contribution in [0.15, 0.2) is 18.5 Å². The Balaban J connectivity index is 2.15. The molecule has 6 nitrogen and oxygen atoms in total. The van der Waals surface area contributed by atoms with Gasteiger partial charge in [0.15, 0.2) is 0 Å². The smallest absolute Gasteiger partial charge is 0.311 e. The highest BCUT2D eigenvalue weighted by molar-refractivity contribution is 5.95. The van der Waals surface area contributed by atoms with E-state index in [0.29, 0.717) is 13.0 Å². The number of nitrogens with zero attached hydrogens (tertiary/aromatic N) is 2. The van der Waals surface area contributed by atoms with E-state index in [1.54, 1.807) is 6.92 Å². The van der Waals surface area contributed by atoms with E-state index in [2.05, 4.69) is 4.98 Å². The summed E-state index contributed by atoms with van der Waals surface area (Å²) in [6.45, 7) is 2.21. The number of amides is 1. The lowest BCUT2D eigenvalue weighted by molar-refractivity contribution is -0.147. The van der Waals surface area contributed by atoms with Crippen molar-refractivity contribution in [1.29, 1.82) is 0 Å². The summed E-state index contributed by atoms with van der Waals surface area (Å²) in [4.78, 5) is 28.4. The highest BCUT2D eigenvalue weighted by atomic mass is 16.4. The van der Waals surface area contributed by atoms with E-state index in [4.69, 9.17) is 5.11 Å². The lowest BCUT2D eigenvalue weighted by atomic mass is 9.90. The molecule has 2 heterocycles. The van der Waals surface area contributed by atoms with E-state index < -0.39 is 11.4 Å². The fourth-order valence-corrected chi connectivity index (χ4v) is 2.04. The van der Waals surface area contributed by atoms with Crippen molar-refractivity contribution in [3.05, 3.63) is 24.0 Å². The summed E-state index contributed by atoms with van der Waals surface area (Å²) in [6, 6.07) is 1.33. The van der Waals surface area contributed by atoms with Gasteiger partial charge in [0.05, 0.1) is 17.2 Å². The van der Waals surface area contributed by atoms with Gasteiger partial charge in [-0.2, -0.15) is 0 Å². The Bertz CT molecular complexity index is 503. The molecule has 1 atom stereocenters. The minimum absolute atomic E-state index is 0.0824. The van der Waals surface area contributed by atoms with E-state index in [9.17, 15) is 14.7 Å². The summed E-state index contributed by atoms with van der Waals surface area (Å²) in [7, 11) is 0. The van der Waals surface area contributed by atoms with Gasteiger partial charge < -0.3 is 15.1 Å². The van der Waals surface area contributed by atoms with Gasteiger partial charge in [0, 0.05) is 19.3 Å². The van der Waals surface area contributed by atoms with Gasteiger partial charge in [-0.3, -0.25) is 14.6 Å². The average Bonchev–Trinajstić information content (AvgIpc) is 2.72. The van der Waals surface area contributed by atoms with Crippen molar-refractivity contribution in [1.82, 2.24) is 9.88 Å². The monoisotopic (exact) mass is 250 g/mol. The fraction of sp³-hybridized carbons (Fsp3) is 0.417. The summed E-state index contributed by atoms with van der Waals surface area (Å²) in [5.41, 5.74) is -0.621. The summed E-state index contributed by atoms with van der Waals surface area (Å²) < 4.78 is 0. The highest BCUT2D eigenvalue weighted by Crippen LogP contribution is 2.31. The number of carbonyl (C=O) groups excluding carboxylic acids is 1. The van der Waals surface area contributed by atoms with Crippen molar-refractivity contribution >= 4 is 11.9 Å². The van der Waals surface area contributed by atoms with Crippen LogP contribution in [0.1, 0.15) is 23.7 Å². The number of hydrogen-bond acceptors (Lipinski definition) is 4. The molecule has 1 unspecified atom stereocenters. The first-order valence-electron chi connectivity index (χ1n) is 5.59. The molecule has 2 rings (SSSR count). The molecule has 0 bridgehead atoms. The summed E-state index contributed by atoms with van der Waals surface area (Å²) in [5, 5.41) is 18.4. The molecule has 6 heteroatoms. The van der Waals surface area contributed by atoms with E-state index >= 15 is 0 Å². The van der Waals surface area contributed by atoms with Crippen LogP contribution in [0.4, 0.5) is 0 Å². The zero-order valence-corrected chi connectivity index (χ0v) is 9.96. The number of carbonyl (C=O) groups is 2. The van der Waals surface area contributed by atoms with E-state index in [-0.39, 0.29) is 23.8 Å². The molecule has 1 aliphatic rings. The van der Waals surface area contributed by atoms with Crippen molar-refractivity contribution in [2.45, 2.75) is 13.3 Å². The second kappa shape index (κ2) is 4.29. The van der Waals surface area contributed by atoms with Crippen LogP contribution >= 0.6 is 0 Å². The van der Waals surface area contributed by atoms with Gasteiger partial charge in [0.2, 0.25) is 0 Å². The molecule has 1 aliphatic heterocycles. The summed E-state index contributed by atoms with van der Waals surface area (Å²) in [6.07, 6.45) is 3.03. The maximum absolute atomic E-state index is 12.1. The lowest BCUT2D eigenvalue weighted by Gasteiger charge is -2.20. The van der Waals surface area contributed by atoms with Crippen molar-refractivity contribution in [2.24, 2.45) is 5.41 Å². The lowest BCUT2D eigenvalue weighted by Crippen LogP contribution is -2.34. The molecule has 2 N–H and O–H groups in total. The van der Waals surface area contributed by atoms with Gasteiger partial charge in [-0.25, -0.2) is 0 Å².